The van der Waals surface area contributed by atoms with Gasteiger partial charge in [-0.05, 0) is 19.0 Å². The fourth-order valence-corrected chi connectivity index (χ4v) is 1.78. The molecule has 2 rings (SSSR count). The highest BCUT2D eigenvalue weighted by Gasteiger charge is 2.19. The lowest BCUT2D eigenvalue weighted by atomic mass is 10.0. The lowest BCUT2D eigenvalue weighted by Crippen LogP contribution is -2.27. The second-order valence-corrected chi connectivity index (χ2v) is 3.30. The number of hydrogen-bond donors (Lipinski definition) is 1. The van der Waals surface area contributed by atoms with Crippen molar-refractivity contribution in [2.24, 2.45) is 0 Å². The van der Waals surface area contributed by atoms with Gasteiger partial charge in [-0.1, -0.05) is 5.57 Å². The molecule has 0 saturated heterocycles. The minimum Gasteiger partial charge on any atom is -0.309 e. The Bertz CT molecular complexity index is 180. The molecule has 0 radical (unpaired) electrons. The number of halogens is 2. The van der Waals surface area contributed by atoms with E-state index in [9.17, 15) is 0 Å². The molecule has 0 aromatic heterocycles. The summed E-state index contributed by atoms with van der Waals surface area (Å²) in [5.74, 6) is 0. The molecule has 2 aliphatic heterocycles. The molecule has 0 bridgehead atoms. The van der Waals surface area contributed by atoms with Crippen LogP contribution in [0.1, 0.15) is 6.42 Å². The molecule has 1 N–H and O–H groups in total. The smallest absolute Gasteiger partial charge is 0.0205 e. The van der Waals surface area contributed by atoms with Crippen molar-refractivity contribution in [2.75, 3.05) is 33.2 Å². The van der Waals surface area contributed by atoms with Crippen LogP contribution in [0.15, 0.2) is 11.1 Å². The van der Waals surface area contributed by atoms with Gasteiger partial charge >= 0.3 is 0 Å². The number of hydrogen-bond acceptors (Lipinski definition) is 2. The number of likely N-dealkylation sites (N-methyl/N-ethyl adjacent to an activating group) is 1. The molecule has 4 heteroatoms. The summed E-state index contributed by atoms with van der Waals surface area (Å²) in [7, 11) is 2.20. The molecule has 2 aliphatic rings. The Hall–Kier alpha value is 0.620. The quantitative estimate of drug-likeness (QED) is 0.680. The molecule has 0 saturated carbocycles. The summed E-state index contributed by atoms with van der Waals surface area (Å²) in [6.45, 7) is 4.74. The predicted octanol–water partition coefficient (Wildman–Crippen LogP) is 1.38. The van der Waals surface area contributed by atoms with Gasteiger partial charge in [-0.3, -0.25) is 0 Å². The summed E-state index contributed by atoms with van der Waals surface area (Å²) in [4.78, 5) is 2.39. The van der Waals surface area contributed by atoms with Gasteiger partial charge in [0.05, 0.1) is 0 Å². The average Bonchev–Trinajstić information content (AvgIpc) is 2.33. The molecule has 12 heavy (non-hydrogen) atoms. The molecule has 2 heterocycles. The van der Waals surface area contributed by atoms with E-state index in [0.717, 1.165) is 13.1 Å². The number of rotatable bonds is 0. The van der Waals surface area contributed by atoms with Crippen LogP contribution in [0.3, 0.4) is 0 Å². The zero-order chi connectivity index (χ0) is 6.97. The van der Waals surface area contributed by atoms with Crippen LogP contribution in [0.4, 0.5) is 0 Å². The minimum absolute atomic E-state index is 0. The predicted molar refractivity (Wildman–Crippen MR) is 62.7 cm³/mol. The third kappa shape index (κ3) is 2.55. The summed E-state index contributed by atoms with van der Waals surface area (Å²) in [6.07, 6.45) is 1.29. The lowest BCUT2D eigenvalue weighted by Gasteiger charge is -2.23. The SMILES string of the molecule is Br.Br.CN1CCC2=C(CNC2)C1. The molecule has 0 unspecified atom stereocenters. The van der Waals surface area contributed by atoms with Gasteiger partial charge in [-0.25, -0.2) is 0 Å². The van der Waals surface area contributed by atoms with Crippen molar-refractivity contribution in [1.29, 1.82) is 0 Å². The van der Waals surface area contributed by atoms with E-state index in [2.05, 4.69) is 17.3 Å². The Morgan fingerprint density at radius 2 is 1.83 bits per heavy atom. The van der Waals surface area contributed by atoms with Crippen LogP contribution in [-0.4, -0.2) is 38.1 Å². The Morgan fingerprint density at radius 1 is 1.17 bits per heavy atom. The van der Waals surface area contributed by atoms with Gasteiger partial charge in [0, 0.05) is 26.2 Å². The molecule has 0 spiro atoms. The summed E-state index contributed by atoms with van der Waals surface area (Å²) < 4.78 is 0. The van der Waals surface area contributed by atoms with Gasteiger partial charge in [0.2, 0.25) is 0 Å². The van der Waals surface area contributed by atoms with Crippen molar-refractivity contribution in [1.82, 2.24) is 10.2 Å². The summed E-state index contributed by atoms with van der Waals surface area (Å²) in [5.41, 5.74) is 3.33. The van der Waals surface area contributed by atoms with Crippen LogP contribution in [-0.2, 0) is 0 Å². The maximum absolute atomic E-state index is 3.38. The van der Waals surface area contributed by atoms with Crippen molar-refractivity contribution in [3.63, 3.8) is 0 Å². The Kier molecular flexibility index (Phi) is 5.65. The fourth-order valence-electron chi connectivity index (χ4n) is 1.78. The van der Waals surface area contributed by atoms with Crippen molar-refractivity contribution >= 4 is 34.0 Å². The molecular weight excluding hydrogens is 284 g/mol. The molecule has 0 aromatic carbocycles. The first kappa shape index (κ1) is 12.6. The highest BCUT2D eigenvalue weighted by molar-refractivity contribution is 8.93. The van der Waals surface area contributed by atoms with Crippen molar-refractivity contribution in [3.8, 4) is 0 Å². The van der Waals surface area contributed by atoms with Crippen LogP contribution < -0.4 is 5.32 Å². The fraction of sp³-hybridized carbons (Fsp3) is 0.750. The van der Waals surface area contributed by atoms with Crippen molar-refractivity contribution in [3.05, 3.63) is 11.1 Å². The van der Waals surface area contributed by atoms with E-state index in [-0.39, 0.29) is 34.0 Å². The van der Waals surface area contributed by atoms with Crippen LogP contribution in [0.25, 0.3) is 0 Å². The van der Waals surface area contributed by atoms with E-state index in [1.807, 2.05) is 0 Å². The molecule has 0 aliphatic carbocycles. The van der Waals surface area contributed by atoms with E-state index in [1.165, 1.54) is 19.5 Å². The molecule has 0 atom stereocenters. The Labute approximate surface area is 94.9 Å². The standard InChI is InChI=1S/C8H14N2.2BrH/c1-10-3-2-7-4-9-5-8(7)6-10;;/h9H,2-6H2,1H3;2*1H. The average molecular weight is 300 g/mol. The van der Waals surface area contributed by atoms with E-state index < -0.39 is 0 Å². The lowest BCUT2D eigenvalue weighted by molar-refractivity contribution is 0.350. The number of nitrogens with one attached hydrogen (secondary N) is 1. The number of nitrogens with zero attached hydrogens (tertiary/aromatic N) is 1. The van der Waals surface area contributed by atoms with E-state index in [4.69, 9.17) is 0 Å². The minimum atomic E-state index is 0. The van der Waals surface area contributed by atoms with Crippen LogP contribution in [0.5, 0.6) is 0 Å². The highest BCUT2D eigenvalue weighted by Crippen LogP contribution is 2.18. The molecular formula is C8H16Br2N2. The van der Waals surface area contributed by atoms with Gasteiger partial charge in [0.25, 0.3) is 0 Å². The molecule has 2 nitrogen and oxygen atoms in total. The zero-order valence-electron chi connectivity index (χ0n) is 7.30. The first-order chi connectivity index (χ1) is 4.86. The third-order valence-corrected chi connectivity index (χ3v) is 2.43. The first-order valence-corrected chi connectivity index (χ1v) is 3.95. The maximum atomic E-state index is 3.38. The Morgan fingerprint density at radius 3 is 2.58 bits per heavy atom. The van der Waals surface area contributed by atoms with E-state index >= 15 is 0 Å². The molecule has 72 valence electrons. The zero-order valence-corrected chi connectivity index (χ0v) is 10.7. The van der Waals surface area contributed by atoms with Crippen LogP contribution >= 0.6 is 34.0 Å². The largest absolute Gasteiger partial charge is 0.309 e. The third-order valence-electron chi connectivity index (χ3n) is 2.43. The van der Waals surface area contributed by atoms with Crippen LogP contribution in [0.2, 0.25) is 0 Å². The molecule has 0 amide bonds. The van der Waals surface area contributed by atoms with Crippen molar-refractivity contribution < 1.29 is 0 Å². The maximum Gasteiger partial charge on any atom is 0.0205 e. The van der Waals surface area contributed by atoms with Gasteiger partial charge in [-0.15, -0.1) is 34.0 Å². The van der Waals surface area contributed by atoms with Gasteiger partial charge in [-0.2, -0.15) is 0 Å². The normalized spacial score (nSPS) is 22.8. The van der Waals surface area contributed by atoms with Gasteiger partial charge in [0.1, 0.15) is 0 Å². The van der Waals surface area contributed by atoms with Crippen LogP contribution in [0, 0.1) is 0 Å². The first-order valence-electron chi connectivity index (χ1n) is 3.95. The van der Waals surface area contributed by atoms with E-state index in [1.54, 1.807) is 11.1 Å². The second kappa shape index (κ2) is 5.37. The monoisotopic (exact) mass is 298 g/mol. The van der Waals surface area contributed by atoms with E-state index in [0.29, 0.717) is 0 Å². The molecule has 0 fully saturated rings. The molecule has 0 aromatic rings. The summed E-state index contributed by atoms with van der Waals surface area (Å²) in [5, 5.41) is 3.38. The second-order valence-electron chi connectivity index (χ2n) is 3.30. The Balaban J connectivity index is 0.000000605. The van der Waals surface area contributed by atoms with Gasteiger partial charge in [0.15, 0.2) is 0 Å². The van der Waals surface area contributed by atoms with Gasteiger partial charge < -0.3 is 10.2 Å². The van der Waals surface area contributed by atoms with Crippen molar-refractivity contribution in [2.45, 2.75) is 6.42 Å². The summed E-state index contributed by atoms with van der Waals surface area (Å²) >= 11 is 0. The topological polar surface area (TPSA) is 15.3 Å². The highest BCUT2D eigenvalue weighted by atomic mass is 79.9. The summed E-state index contributed by atoms with van der Waals surface area (Å²) in [6, 6.07) is 0.